The van der Waals surface area contributed by atoms with Gasteiger partial charge >= 0.3 is 0 Å². The fourth-order valence-electron chi connectivity index (χ4n) is 0.863. The number of rotatable bonds is 4. The highest BCUT2D eigenvalue weighted by atomic mass is 79.9. The minimum absolute atomic E-state index is 0.0141. The molecular weight excluding hydrogens is 262 g/mol. The van der Waals surface area contributed by atoms with Crippen LogP contribution >= 0.6 is 27.3 Å². The highest BCUT2D eigenvalue weighted by Crippen LogP contribution is 2.16. The summed E-state index contributed by atoms with van der Waals surface area (Å²) in [5, 5.41) is 7.56. The van der Waals surface area contributed by atoms with Crippen molar-refractivity contribution in [1.82, 2.24) is 5.32 Å². The van der Waals surface area contributed by atoms with E-state index in [-0.39, 0.29) is 11.3 Å². The third-order valence-corrected chi connectivity index (χ3v) is 4.07. The summed E-state index contributed by atoms with van der Waals surface area (Å²) >= 11 is 4.96. The summed E-state index contributed by atoms with van der Waals surface area (Å²) in [6.07, 6.45) is 0. The van der Waals surface area contributed by atoms with Crippen LogP contribution in [-0.2, 0) is 0 Å². The van der Waals surface area contributed by atoms with Crippen LogP contribution in [0.25, 0.3) is 0 Å². The highest BCUT2D eigenvalue weighted by molar-refractivity contribution is 9.09. The number of alkyl halides is 1. The second-order valence-corrected chi connectivity index (χ2v) is 5.33. The first kappa shape index (κ1) is 11.7. The summed E-state index contributed by atoms with van der Waals surface area (Å²) in [5.41, 5.74) is 0.853. The van der Waals surface area contributed by atoms with Crippen LogP contribution in [0.5, 0.6) is 0 Å². The van der Waals surface area contributed by atoms with Crippen molar-refractivity contribution in [3.63, 3.8) is 0 Å². The van der Waals surface area contributed by atoms with Gasteiger partial charge in [-0.3, -0.25) is 4.79 Å². The number of hydrogen-bond donors (Lipinski definition) is 1. The summed E-state index contributed by atoms with van der Waals surface area (Å²) in [4.78, 5) is 11.5. The van der Waals surface area contributed by atoms with Gasteiger partial charge in [0.2, 0.25) is 0 Å². The van der Waals surface area contributed by atoms with Crippen molar-refractivity contribution in [2.75, 3.05) is 11.9 Å². The van der Waals surface area contributed by atoms with E-state index in [1.54, 1.807) is 0 Å². The molecule has 0 atom stereocenters. The molecule has 1 amide bonds. The highest BCUT2D eigenvalue weighted by Gasteiger charge is 2.17. The lowest BCUT2D eigenvalue weighted by molar-refractivity contribution is 0.0940. The van der Waals surface area contributed by atoms with Crippen molar-refractivity contribution in [2.45, 2.75) is 13.8 Å². The number of thiophene rings is 1. The van der Waals surface area contributed by atoms with Crippen molar-refractivity contribution >= 4 is 33.2 Å². The zero-order valence-corrected chi connectivity index (χ0v) is 10.7. The lowest BCUT2D eigenvalue weighted by Crippen LogP contribution is -2.34. The number of hydrogen-bond acceptors (Lipinski definition) is 2. The number of carbonyl (C=O) groups excluding carboxylic acids is 1. The minimum atomic E-state index is 0.0141. The maximum absolute atomic E-state index is 11.5. The predicted octanol–water partition coefficient (Wildman–Crippen LogP) is 2.90. The average molecular weight is 276 g/mol. The van der Waals surface area contributed by atoms with Crippen molar-refractivity contribution in [1.29, 1.82) is 0 Å². The summed E-state index contributed by atoms with van der Waals surface area (Å²) in [6, 6.07) is 1.83. The zero-order chi connectivity index (χ0) is 10.6. The Labute approximate surface area is 96.8 Å². The lowest BCUT2D eigenvalue weighted by atomic mass is 9.97. The van der Waals surface area contributed by atoms with E-state index in [1.165, 1.54) is 11.3 Å². The molecule has 1 N–H and O–H groups in total. The Balaban J connectivity index is 2.43. The van der Waals surface area contributed by atoms with Gasteiger partial charge in [-0.15, -0.1) is 0 Å². The maximum atomic E-state index is 11.5. The van der Waals surface area contributed by atoms with Crippen LogP contribution in [0.15, 0.2) is 16.8 Å². The molecule has 1 aromatic heterocycles. The van der Waals surface area contributed by atoms with E-state index in [1.807, 2.05) is 16.8 Å². The fourth-order valence-corrected chi connectivity index (χ4v) is 1.70. The Morgan fingerprint density at radius 2 is 2.36 bits per heavy atom. The van der Waals surface area contributed by atoms with Gasteiger partial charge < -0.3 is 5.32 Å². The molecule has 0 aromatic carbocycles. The Morgan fingerprint density at radius 3 is 2.86 bits per heavy atom. The summed E-state index contributed by atoms with van der Waals surface area (Å²) in [6.45, 7) is 4.90. The van der Waals surface area contributed by atoms with Crippen LogP contribution in [0, 0.1) is 5.41 Å². The Morgan fingerprint density at radius 1 is 1.64 bits per heavy atom. The molecule has 1 rings (SSSR count). The molecule has 0 spiro atoms. The maximum Gasteiger partial charge on any atom is 0.252 e. The molecule has 0 saturated carbocycles. The molecule has 14 heavy (non-hydrogen) atoms. The van der Waals surface area contributed by atoms with Gasteiger partial charge in [0, 0.05) is 22.8 Å². The van der Waals surface area contributed by atoms with E-state index in [9.17, 15) is 4.79 Å². The Hall–Kier alpha value is -0.350. The van der Waals surface area contributed by atoms with Crippen LogP contribution < -0.4 is 5.32 Å². The summed E-state index contributed by atoms with van der Waals surface area (Å²) in [7, 11) is 0. The molecule has 0 aliphatic rings. The fraction of sp³-hybridized carbons (Fsp3) is 0.500. The third kappa shape index (κ3) is 3.42. The van der Waals surface area contributed by atoms with Gasteiger partial charge in [-0.1, -0.05) is 29.8 Å². The van der Waals surface area contributed by atoms with Crippen LogP contribution in [0.2, 0.25) is 0 Å². The van der Waals surface area contributed by atoms with Crippen molar-refractivity contribution in [3.8, 4) is 0 Å². The van der Waals surface area contributed by atoms with Crippen LogP contribution in [-0.4, -0.2) is 17.8 Å². The number of amides is 1. The van der Waals surface area contributed by atoms with Gasteiger partial charge in [-0.25, -0.2) is 0 Å². The zero-order valence-electron chi connectivity index (χ0n) is 8.34. The molecular formula is C10H14BrNOS. The van der Waals surface area contributed by atoms with Gasteiger partial charge in [0.15, 0.2) is 0 Å². The van der Waals surface area contributed by atoms with E-state index in [4.69, 9.17) is 0 Å². The molecule has 0 radical (unpaired) electrons. The molecule has 2 nitrogen and oxygen atoms in total. The van der Waals surface area contributed by atoms with Crippen LogP contribution in [0.4, 0.5) is 0 Å². The van der Waals surface area contributed by atoms with E-state index in [0.717, 1.165) is 10.9 Å². The summed E-state index contributed by atoms with van der Waals surface area (Å²) in [5.74, 6) is 0.0141. The van der Waals surface area contributed by atoms with E-state index >= 15 is 0 Å². The minimum Gasteiger partial charge on any atom is -0.351 e. The van der Waals surface area contributed by atoms with Gasteiger partial charge in [0.25, 0.3) is 5.91 Å². The predicted molar refractivity (Wildman–Crippen MR) is 64.2 cm³/mol. The van der Waals surface area contributed by atoms with Crippen LogP contribution in [0.1, 0.15) is 24.2 Å². The monoisotopic (exact) mass is 275 g/mol. The molecule has 0 aliphatic carbocycles. The Bertz CT molecular complexity index is 295. The largest absolute Gasteiger partial charge is 0.351 e. The average Bonchev–Trinajstić information content (AvgIpc) is 2.67. The first-order chi connectivity index (χ1) is 6.55. The van der Waals surface area contributed by atoms with Gasteiger partial charge in [0.05, 0.1) is 0 Å². The molecule has 1 heterocycles. The van der Waals surface area contributed by atoms with Crippen molar-refractivity contribution < 1.29 is 4.79 Å². The topological polar surface area (TPSA) is 29.1 Å². The first-order valence-corrected chi connectivity index (χ1v) is 6.48. The Kier molecular flexibility index (Phi) is 4.13. The normalized spacial score (nSPS) is 11.4. The molecule has 0 saturated heterocycles. The molecule has 0 unspecified atom stereocenters. The molecule has 78 valence electrons. The second-order valence-electron chi connectivity index (χ2n) is 3.99. The second kappa shape index (κ2) is 4.94. The van der Waals surface area contributed by atoms with Gasteiger partial charge in [-0.2, -0.15) is 11.3 Å². The molecule has 4 heteroatoms. The quantitative estimate of drug-likeness (QED) is 0.842. The smallest absolute Gasteiger partial charge is 0.252 e. The van der Waals surface area contributed by atoms with Gasteiger partial charge in [0.1, 0.15) is 0 Å². The molecule has 0 bridgehead atoms. The molecule has 1 aromatic rings. The van der Waals surface area contributed by atoms with Crippen molar-refractivity contribution in [2.24, 2.45) is 5.41 Å². The van der Waals surface area contributed by atoms with Crippen LogP contribution in [0.3, 0.4) is 0 Å². The summed E-state index contributed by atoms with van der Waals surface area (Å²) < 4.78 is 0. The SMILES string of the molecule is CC(C)(CBr)CNC(=O)c1ccsc1. The molecule has 0 fully saturated rings. The number of carbonyl (C=O) groups is 1. The number of halogens is 1. The third-order valence-electron chi connectivity index (χ3n) is 1.87. The standard InChI is InChI=1S/C10H14BrNOS/c1-10(2,6-11)7-12-9(13)8-3-4-14-5-8/h3-5H,6-7H2,1-2H3,(H,12,13). The van der Waals surface area contributed by atoms with Crippen molar-refractivity contribution in [3.05, 3.63) is 22.4 Å². The first-order valence-electron chi connectivity index (χ1n) is 4.41. The lowest BCUT2D eigenvalue weighted by Gasteiger charge is -2.21. The molecule has 0 aliphatic heterocycles. The van der Waals surface area contributed by atoms with E-state index < -0.39 is 0 Å². The van der Waals surface area contributed by atoms with E-state index in [0.29, 0.717) is 6.54 Å². The number of nitrogens with one attached hydrogen (secondary N) is 1. The van der Waals surface area contributed by atoms with Gasteiger partial charge in [-0.05, 0) is 16.9 Å². The van der Waals surface area contributed by atoms with E-state index in [2.05, 4.69) is 35.1 Å².